The van der Waals surface area contributed by atoms with Crippen molar-refractivity contribution in [3.8, 4) is 0 Å². The van der Waals surface area contributed by atoms with E-state index < -0.39 is 5.97 Å². The molecule has 5 heteroatoms. The van der Waals surface area contributed by atoms with Crippen LogP contribution >= 0.6 is 11.3 Å². The van der Waals surface area contributed by atoms with Crippen LogP contribution in [0.2, 0.25) is 0 Å². The van der Waals surface area contributed by atoms with Gasteiger partial charge in [0.1, 0.15) is 5.00 Å². The number of hydrogen-bond donors (Lipinski definition) is 1. The molecule has 0 aliphatic carbocycles. The summed E-state index contributed by atoms with van der Waals surface area (Å²) < 4.78 is 5.28. The van der Waals surface area contributed by atoms with Crippen molar-refractivity contribution in [1.29, 1.82) is 0 Å². The van der Waals surface area contributed by atoms with Crippen molar-refractivity contribution >= 4 is 34.3 Å². The predicted octanol–water partition coefficient (Wildman–Crippen LogP) is 4.58. The third-order valence-electron chi connectivity index (χ3n) is 3.40. The van der Waals surface area contributed by atoms with Gasteiger partial charge in [0.05, 0.1) is 11.7 Å². The van der Waals surface area contributed by atoms with Crippen LogP contribution in [-0.2, 0) is 9.53 Å². The van der Waals surface area contributed by atoms with Crippen LogP contribution in [0.25, 0.3) is 6.08 Å². The van der Waals surface area contributed by atoms with Crippen LogP contribution in [-0.4, -0.2) is 18.0 Å². The van der Waals surface area contributed by atoms with Crippen LogP contribution in [0.5, 0.6) is 0 Å². The molecule has 0 bridgehead atoms. The smallest absolute Gasteiger partial charge is 0.341 e. The number of amides is 1. The molecule has 0 unspecified atom stereocenters. The van der Waals surface area contributed by atoms with Gasteiger partial charge >= 0.3 is 5.97 Å². The molecule has 1 aromatic carbocycles. The Morgan fingerprint density at radius 2 is 1.83 bits per heavy atom. The van der Waals surface area contributed by atoms with E-state index in [1.807, 2.05) is 44.2 Å². The van der Waals surface area contributed by atoms with Crippen LogP contribution in [0.4, 0.5) is 5.00 Å². The number of esters is 1. The molecule has 0 saturated heterocycles. The average Bonchev–Trinajstić information content (AvgIpc) is 2.80. The summed E-state index contributed by atoms with van der Waals surface area (Å²) in [5.41, 5.74) is 2.21. The van der Waals surface area contributed by atoms with E-state index in [0.29, 0.717) is 10.6 Å². The highest BCUT2D eigenvalue weighted by atomic mass is 32.1. The molecular weight excluding hydrogens is 322 g/mol. The van der Waals surface area contributed by atoms with E-state index in [1.165, 1.54) is 17.4 Å². The predicted molar refractivity (Wildman–Crippen MR) is 98.5 cm³/mol. The lowest BCUT2D eigenvalue weighted by atomic mass is 10.1. The molecule has 126 valence electrons. The molecule has 0 saturated carbocycles. The molecule has 1 aromatic heterocycles. The second-order valence-corrected chi connectivity index (χ2v) is 6.90. The van der Waals surface area contributed by atoms with Crippen molar-refractivity contribution < 1.29 is 14.3 Å². The summed E-state index contributed by atoms with van der Waals surface area (Å²) in [7, 11) is 0. The summed E-state index contributed by atoms with van der Waals surface area (Å²) in [6.07, 6.45) is 2.98. The second-order valence-electron chi connectivity index (χ2n) is 5.67. The van der Waals surface area contributed by atoms with E-state index in [2.05, 4.69) is 5.32 Å². The highest BCUT2D eigenvalue weighted by Crippen LogP contribution is 2.33. The molecule has 24 heavy (non-hydrogen) atoms. The Kier molecular flexibility index (Phi) is 5.93. The van der Waals surface area contributed by atoms with Gasteiger partial charge in [0.25, 0.3) is 0 Å². The number of anilines is 1. The monoisotopic (exact) mass is 343 g/mol. The van der Waals surface area contributed by atoms with Crippen molar-refractivity contribution in [2.24, 2.45) is 0 Å². The minimum atomic E-state index is -0.408. The molecular formula is C19H21NO3S. The highest BCUT2D eigenvalue weighted by molar-refractivity contribution is 7.16. The third-order valence-corrected chi connectivity index (χ3v) is 4.52. The van der Waals surface area contributed by atoms with Gasteiger partial charge in [-0.3, -0.25) is 4.79 Å². The SMILES string of the molecule is Cc1sc(NC(=O)/C=C/c2ccccc2)c(C(=O)OC(C)C)c1C. The average molecular weight is 343 g/mol. The summed E-state index contributed by atoms with van der Waals surface area (Å²) in [4.78, 5) is 25.4. The van der Waals surface area contributed by atoms with Crippen molar-refractivity contribution in [2.45, 2.75) is 33.8 Å². The first kappa shape index (κ1) is 17.9. The second kappa shape index (κ2) is 7.93. The number of hydrogen-bond acceptors (Lipinski definition) is 4. The highest BCUT2D eigenvalue weighted by Gasteiger charge is 2.22. The zero-order chi connectivity index (χ0) is 17.7. The van der Waals surface area contributed by atoms with Crippen molar-refractivity contribution in [2.75, 3.05) is 5.32 Å². The number of benzene rings is 1. The Bertz CT molecular complexity index is 760. The quantitative estimate of drug-likeness (QED) is 0.638. The molecule has 0 fully saturated rings. The van der Waals surface area contributed by atoms with Gasteiger partial charge in [-0.1, -0.05) is 30.3 Å². The molecule has 1 amide bonds. The third kappa shape index (κ3) is 4.55. The van der Waals surface area contributed by atoms with Crippen molar-refractivity contribution in [3.05, 3.63) is 58.0 Å². The van der Waals surface area contributed by atoms with Gasteiger partial charge in [0, 0.05) is 11.0 Å². The van der Waals surface area contributed by atoms with Gasteiger partial charge < -0.3 is 10.1 Å². The van der Waals surface area contributed by atoms with E-state index in [-0.39, 0.29) is 12.0 Å². The molecule has 0 aliphatic rings. The fourth-order valence-corrected chi connectivity index (χ4v) is 3.17. The molecule has 4 nitrogen and oxygen atoms in total. The molecule has 0 atom stereocenters. The molecule has 1 N–H and O–H groups in total. The van der Waals surface area contributed by atoms with E-state index in [9.17, 15) is 9.59 Å². The van der Waals surface area contributed by atoms with Gasteiger partial charge in [-0.15, -0.1) is 11.3 Å². The van der Waals surface area contributed by atoms with Gasteiger partial charge in [0.15, 0.2) is 0 Å². The van der Waals surface area contributed by atoms with E-state index in [4.69, 9.17) is 4.74 Å². The zero-order valence-electron chi connectivity index (χ0n) is 14.3. The topological polar surface area (TPSA) is 55.4 Å². The maximum atomic E-state index is 12.3. The van der Waals surface area contributed by atoms with Crippen LogP contribution < -0.4 is 5.32 Å². The van der Waals surface area contributed by atoms with Crippen molar-refractivity contribution in [3.63, 3.8) is 0 Å². The molecule has 0 radical (unpaired) electrons. The molecule has 2 aromatic rings. The standard InChI is InChI=1S/C19H21NO3S/c1-12(2)23-19(22)17-13(3)14(4)24-18(17)20-16(21)11-10-15-8-6-5-7-9-15/h5-12H,1-4H3,(H,20,21)/b11-10+. The zero-order valence-corrected chi connectivity index (χ0v) is 15.1. The maximum absolute atomic E-state index is 12.3. The fourth-order valence-electron chi connectivity index (χ4n) is 2.12. The van der Waals surface area contributed by atoms with Gasteiger partial charge in [-0.25, -0.2) is 4.79 Å². The first-order valence-electron chi connectivity index (χ1n) is 7.73. The lowest BCUT2D eigenvalue weighted by Gasteiger charge is -2.09. The van der Waals surface area contributed by atoms with Crippen LogP contribution in [0.1, 0.15) is 40.2 Å². The summed E-state index contributed by atoms with van der Waals surface area (Å²) in [5.74, 6) is -0.687. The Morgan fingerprint density at radius 1 is 1.17 bits per heavy atom. The van der Waals surface area contributed by atoms with E-state index in [0.717, 1.165) is 16.0 Å². The Hall–Kier alpha value is -2.40. The Morgan fingerprint density at radius 3 is 2.46 bits per heavy atom. The normalized spacial score (nSPS) is 11.0. The number of carbonyl (C=O) groups excluding carboxylic acids is 2. The minimum absolute atomic E-state index is 0.210. The van der Waals surface area contributed by atoms with Crippen LogP contribution in [0.3, 0.4) is 0 Å². The summed E-state index contributed by atoms with van der Waals surface area (Å²) in [6, 6.07) is 9.55. The lowest BCUT2D eigenvalue weighted by Crippen LogP contribution is -2.15. The summed E-state index contributed by atoms with van der Waals surface area (Å²) in [6.45, 7) is 7.38. The van der Waals surface area contributed by atoms with E-state index >= 15 is 0 Å². The lowest BCUT2D eigenvalue weighted by molar-refractivity contribution is -0.111. The summed E-state index contributed by atoms with van der Waals surface area (Å²) in [5, 5.41) is 3.31. The number of rotatable bonds is 5. The molecule has 0 aliphatic heterocycles. The van der Waals surface area contributed by atoms with E-state index in [1.54, 1.807) is 19.9 Å². The molecule has 2 rings (SSSR count). The van der Waals surface area contributed by atoms with Gasteiger partial charge in [0.2, 0.25) is 5.91 Å². The summed E-state index contributed by atoms with van der Waals surface area (Å²) >= 11 is 1.38. The van der Waals surface area contributed by atoms with Gasteiger partial charge in [-0.05, 0) is 44.9 Å². The van der Waals surface area contributed by atoms with Crippen LogP contribution in [0.15, 0.2) is 36.4 Å². The number of nitrogens with one attached hydrogen (secondary N) is 1. The Balaban J connectivity index is 2.17. The number of thiophene rings is 1. The Labute approximate surface area is 146 Å². The number of aryl methyl sites for hydroxylation is 1. The molecule has 1 heterocycles. The van der Waals surface area contributed by atoms with Gasteiger partial charge in [-0.2, -0.15) is 0 Å². The fraction of sp³-hybridized carbons (Fsp3) is 0.263. The maximum Gasteiger partial charge on any atom is 0.341 e. The largest absolute Gasteiger partial charge is 0.459 e. The first-order valence-corrected chi connectivity index (χ1v) is 8.55. The molecule has 0 spiro atoms. The number of carbonyl (C=O) groups is 2. The minimum Gasteiger partial charge on any atom is -0.459 e. The number of ether oxygens (including phenoxy) is 1. The first-order chi connectivity index (χ1) is 11.4. The van der Waals surface area contributed by atoms with Crippen molar-refractivity contribution in [1.82, 2.24) is 0 Å². The van der Waals surface area contributed by atoms with Crippen LogP contribution in [0, 0.1) is 13.8 Å².